The van der Waals surface area contributed by atoms with Crippen LogP contribution in [0.15, 0.2) is 30.0 Å². The van der Waals surface area contributed by atoms with Gasteiger partial charge in [0.1, 0.15) is 0 Å². The minimum Gasteiger partial charge on any atom is -0.351 e. The zero-order valence-corrected chi connectivity index (χ0v) is 16.8. The predicted molar refractivity (Wildman–Crippen MR) is 113 cm³/mol. The number of carbonyl (C=O) groups excluding carboxylic acids is 2. The van der Waals surface area contributed by atoms with Crippen molar-refractivity contribution >= 4 is 52.7 Å². The molecule has 3 aromatic rings. The molecule has 5 rings (SSSR count). The average molecular weight is 424 g/mol. The van der Waals surface area contributed by atoms with Crippen LogP contribution in [-0.2, 0) is 9.59 Å². The van der Waals surface area contributed by atoms with Gasteiger partial charge in [0.25, 0.3) is 5.91 Å². The van der Waals surface area contributed by atoms with Gasteiger partial charge in [-0.05, 0) is 37.5 Å². The van der Waals surface area contributed by atoms with Gasteiger partial charge in [0.15, 0.2) is 5.65 Å². The smallest absolute Gasteiger partial charge is 0.254 e. The van der Waals surface area contributed by atoms with Crippen LogP contribution in [0.1, 0.15) is 30.4 Å². The molecular formula is C20H18ClN7O2. The SMILES string of the molecule is Cc1cccc(Cl)c1Nc1nc(NC2CC2)n2ncc(/C=C3\CC(=O)NC3=O)c2n1. The summed E-state index contributed by atoms with van der Waals surface area (Å²) in [5.41, 5.74) is 3.19. The van der Waals surface area contributed by atoms with Gasteiger partial charge in [-0.2, -0.15) is 19.6 Å². The fourth-order valence-electron chi connectivity index (χ4n) is 3.27. The lowest BCUT2D eigenvalue weighted by Gasteiger charge is -2.12. The Morgan fingerprint density at radius 3 is 2.80 bits per heavy atom. The van der Waals surface area contributed by atoms with Crippen molar-refractivity contribution in [1.82, 2.24) is 24.9 Å². The van der Waals surface area contributed by atoms with Gasteiger partial charge in [0.2, 0.25) is 17.8 Å². The number of para-hydroxylation sites is 1. The maximum atomic E-state index is 12.0. The lowest BCUT2D eigenvalue weighted by Crippen LogP contribution is -2.19. The molecule has 0 unspecified atom stereocenters. The zero-order chi connectivity index (χ0) is 20.8. The Balaban J connectivity index is 1.60. The van der Waals surface area contributed by atoms with E-state index in [-0.39, 0.29) is 12.3 Å². The van der Waals surface area contributed by atoms with Crippen molar-refractivity contribution in [2.45, 2.75) is 32.2 Å². The maximum Gasteiger partial charge on any atom is 0.254 e. The zero-order valence-electron chi connectivity index (χ0n) is 16.1. The summed E-state index contributed by atoms with van der Waals surface area (Å²) in [6, 6.07) is 5.97. The van der Waals surface area contributed by atoms with Crippen LogP contribution in [0.4, 0.5) is 17.6 Å². The molecule has 1 saturated carbocycles. The number of carbonyl (C=O) groups is 2. The van der Waals surface area contributed by atoms with Crippen LogP contribution >= 0.6 is 11.6 Å². The number of benzene rings is 1. The highest BCUT2D eigenvalue weighted by Gasteiger charge is 2.26. The number of amides is 2. The summed E-state index contributed by atoms with van der Waals surface area (Å²) >= 11 is 6.35. The van der Waals surface area contributed by atoms with Crippen molar-refractivity contribution in [3.05, 3.63) is 46.1 Å². The highest BCUT2D eigenvalue weighted by atomic mass is 35.5. The van der Waals surface area contributed by atoms with E-state index in [1.807, 2.05) is 19.1 Å². The van der Waals surface area contributed by atoms with Crippen molar-refractivity contribution in [3.63, 3.8) is 0 Å². The van der Waals surface area contributed by atoms with E-state index in [1.165, 1.54) is 0 Å². The van der Waals surface area contributed by atoms with E-state index in [0.717, 1.165) is 24.1 Å². The minimum atomic E-state index is -0.394. The average Bonchev–Trinajstić information content (AvgIpc) is 3.34. The van der Waals surface area contributed by atoms with Gasteiger partial charge in [0, 0.05) is 17.2 Å². The number of nitrogens with one attached hydrogen (secondary N) is 3. The largest absolute Gasteiger partial charge is 0.351 e. The van der Waals surface area contributed by atoms with E-state index >= 15 is 0 Å². The van der Waals surface area contributed by atoms with Crippen LogP contribution in [0, 0.1) is 6.92 Å². The summed E-state index contributed by atoms with van der Waals surface area (Å²) in [5, 5.41) is 13.8. The third-order valence-electron chi connectivity index (χ3n) is 4.99. The Morgan fingerprint density at radius 2 is 2.10 bits per heavy atom. The van der Waals surface area contributed by atoms with E-state index in [9.17, 15) is 9.59 Å². The Hall–Kier alpha value is -3.46. The van der Waals surface area contributed by atoms with Gasteiger partial charge >= 0.3 is 0 Å². The molecule has 0 bridgehead atoms. The summed E-state index contributed by atoms with van der Waals surface area (Å²) in [7, 11) is 0. The van der Waals surface area contributed by atoms with Gasteiger partial charge in [-0.3, -0.25) is 14.9 Å². The molecule has 3 N–H and O–H groups in total. The number of anilines is 3. The second-order valence-electron chi connectivity index (χ2n) is 7.41. The number of nitrogens with zero attached hydrogens (tertiary/aromatic N) is 4. The maximum absolute atomic E-state index is 12.0. The molecule has 2 aromatic heterocycles. The predicted octanol–water partition coefficient (Wildman–Crippen LogP) is 2.83. The summed E-state index contributed by atoms with van der Waals surface area (Å²) in [4.78, 5) is 32.6. The van der Waals surface area contributed by atoms with Crippen LogP contribution < -0.4 is 16.0 Å². The second kappa shape index (κ2) is 7.10. The van der Waals surface area contributed by atoms with Crippen molar-refractivity contribution in [2.75, 3.05) is 10.6 Å². The lowest BCUT2D eigenvalue weighted by molar-refractivity contribution is -0.124. The van der Waals surface area contributed by atoms with E-state index < -0.39 is 5.91 Å². The third-order valence-corrected chi connectivity index (χ3v) is 5.30. The number of hydrogen-bond donors (Lipinski definition) is 3. The Kier molecular flexibility index (Phi) is 4.39. The molecule has 0 spiro atoms. The standard InChI is InChI=1S/C20H18ClN7O2/c1-10-3-2-4-14(21)16(10)25-19-26-17-12(7-11-8-15(29)24-18(11)30)9-22-28(17)20(27-19)23-13-5-6-13/h2-4,7,9,13H,5-6,8H2,1H3,(H,24,29,30)(H2,23,25,26,27)/b11-7+. The summed E-state index contributed by atoms with van der Waals surface area (Å²) in [6.45, 7) is 1.94. The first kappa shape index (κ1) is 18.6. The quantitative estimate of drug-likeness (QED) is 0.427. The fraction of sp³-hybridized carbons (Fsp3) is 0.250. The number of fused-ring (bicyclic) bond motifs is 1. The lowest BCUT2D eigenvalue weighted by atomic mass is 10.1. The molecule has 1 aromatic carbocycles. The number of hydrogen-bond acceptors (Lipinski definition) is 7. The van der Waals surface area contributed by atoms with Crippen LogP contribution in [0.3, 0.4) is 0 Å². The van der Waals surface area contributed by atoms with Crippen LogP contribution in [-0.4, -0.2) is 37.4 Å². The van der Waals surface area contributed by atoms with Crippen molar-refractivity contribution in [1.29, 1.82) is 0 Å². The fourth-order valence-corrected chi connectivity index (χ4v) is 3.54. The highest BCUT2D eigenvalue weighted by Crippen LogP contribution is 2.30. The second-order valence-corrected chi connectivity index (χ2v) is 7.81. The molecule has 2 aliphatic rings. The molecule has 1 aliphatic carbocycles. The topological polar surface area (TPSA) is 113 Å². The molecule has 30 heavy (non-hydrogen) atoms. The summed E-state index contributed by atoms with van der Waals surface area (Å²) in [6.07, 6.45) is 5.42. The van der Waals surface area contributed by atoms with Crippen molar-refractivity contribution in [3.8, 4) is 0 Å². The molecule has 152 valence electrons. The van der Waals surface area contributed by atoms with Gasteiger partial charge in [-0.15, -0.1) is 0 Å². The van der Waals surface area contributed by atoms with Gasteiger partial charge in [-0.1, -0.05) is 23.7 Å². The molecular weight excluding hydrogens is 406 g/mol. The molecule has 2 amide bonds. The third kappa shape index (κ3) is 3.48. The Morgan fingerprint density at radius 1 is 1.27 bits per heavy atom. The first-order chi connectivity index (χ1) is 14.5. The molecule has 9 nitrogen and oxygen atoms in total. The van der Waals surface area contributed by atoms with E-state index in [2.05, 4.69) is 31.0 Å². The number of aromatic nitrogens is 4. The van der Waals surface area contributed by atoms with Crippen molar-refractivity contribution in [2.24, 2.45) is 0 Å². The molecule has 1 saturated heterocycles. The summed E-state index contributed by atoms with van der Waals surface area (Å²) < 4.78 is 1.60. The van der Waals surface area contributed by atoms with E-state index in [4.69, 9.17) is 11.6 Å². The van der Waals surface area contributed by atoms with Crippen LogP contribution in [0.2, 0.25) is 5.02 Å². The Bertz CT molecular complexity index is 1210. The molecule has 3 heterocycles. The van der Waals surface area contributed by atoms with Crippen molar-refractivity contribution < 1.29 is 9.59 Å². The highest BCUT2D eigenvalue weighted by molar-refractivity contribution is 6.33. The monoisotopic (exact) mass is 423 g/mol. The van der Waals surface area contributed by atoms with Crippen LogP contribution in [0.5, 0.6) is 0 Å². The van der Waals surface area contributed by atoms with Gasteiger partial charge in [0.05, 0.1) is 23.3 Å². The normalized spacial score (nSPS) is 17.6. The number of imide groups is 1. The Labute approximate surface area is 176 Å². The van der Waals surface area contributed by atoms with Crippen LogP contribution in [0.25, 0.3) is 11.7 Å². The first-order valence-corrected chi connectivity index (χ1v) is 9.95. The molecule has 10 heteroatoms. The van der Waals surface area contributed by atoms with Gasteiger partial charge in [-0.25, -0.2) is 0 Å². The number of aryl methyl sites for hydroxylation is 1. The minimum absolute atomic E-state index is 0.0400. The molecule has 0 radical (unpaired) electrons. The first-order valence-electron chi connectivity index (χ1n) is 9.57. The number of halogens is 1. The molecule has 2 fully saturated rings. The van der Waals surface area contributed by atoms with E-state index in [0.29, 0.717) is 39.7 Å². The van der Waals surface area contributed by atoms with Gasteiger partial charge < -0.3 is 10.6 Å². The summed E-state index contributed by atoms with van der Waals surface area (Å²) in [5.74, 6) is 0.194. The van der Waals surface area contributed by atoms with E-state index in [1.54, 1.807) is 22.9 Å². The molecule has 1 aliphatic heterocycles. The number of rotatable bonds is 5. The molecule has 0 atom stereocenters.